The lowest BCUT2D eigenvalue weighted by Gasteiger charge is -2.42. The summed E-state index contributed by atoms with van der Waals surface area (Å²) in [4.78, 5) is 63.0. The predicted octanol–water partition coefficient (Wildman–Crippen LogP) is 2.44. The van der Waals surface area contributed by atoms with Gasteiger partial charge in [0.1, 0.15) is 5.71 Å². The van der Waals surface area contributed by atoms with Gasteiger partial charge in [-0.05, 0) is 42.7 Å². The number of hydrogen-bond donors (Lipinski definition) is 1. The number of aromatic nitrogens is 1. The molecule has 39 heavy (non-hydrogen) atoms. The minimum Gasteiger partial charge on any atom is -0.345 e. The fourth-order valence-corrected chi connectivity index (χ4v) is 5.42. The highest BCUT2D eigenvalue weighted by Crippen LogP contribution is 2.35. The molecule has 1 N–H and O–H groups in total. The number of nitrogens with zero attached hydrogens (tertiary/aromatic N) is 4. The van der Waals surface area contributed by atoms with Crippen LogP contribution in [0.5, 0.6) is 0 Å². The smallest absolute Gasteiger partial charge is 0.345 e. The van der Waals surface area contributed by atoms with E-state index in [0.29, 0.717) is 30.9 Å². The van der Waals surface area contributed by atoms with Gasteiger partial charge in [-0.15, -0.1) is 0 Å². The molecule has 10 heteroatoms. The van der Waals surface area contributed by atoms with Crippen LogP contribution in [0.15, 0.2) is 100 Å². The summed E-state index contributed by atoms with van der Waals surface area (Å²) in [7, 11) is 0. The van der Waals surface area contributed by atoms with Crippen molar-refractivity contribution in [2.75, 3.05) is 18.1 Å². The molecule has 0 aliphatic carbocycles. The second-order valence-corrected chi connectivity index (χ2v) is 9.76. The monoisotopic (exact) mass is 523 g/mol. The van der Waals surface area contributed by atoms with Gasteiger partial charge >= 0.3 is 5.97 Å². The van der Waals surface area contributed by atoms with Crippen molar-refractivity contribution in [3.05, 3.63) is 112 Å². The SMILES string of the molecule is O=C1ONN(c2ccccc2)/C1=C/C(=NC(=O)c1ccccc1)C(=O)N1CC2CC(C1)c1cccc(=O)n1C2. The molecule has 2 aromatic carbocycles. The highest BCUT2D eigenvalue weighted by molar-refractivity contribution is 6.45. The Morgan fingerprint density at radius 1 is 0.897 bits per heavy atom. The van der Waals surface area contributed by atoms with E-state index in [-0.39, 0.29) is 28.8 Å². The van der Waals surface area contributed by atoms with Crippen LogP contribution in [0, 0.1) is 5.92 Å². The highest BCUT2D eigenvalue weighted by Gasteiger charge is 2.38. The van der Waals surface area contributed by atoms with Crippen molar-refractivity contribution in [1.29, 1.82) is 0 Å². The minimum atomic E-state index is -0.713. The van der Waals surface area contributed by atoms with Gasteiger partial charge in [-0.2, -0.15) is 0 Å². The maximum Gasteiger partial charge on any atom is 0.376 e. The summed E-state index contributed by atoms with van der Waals surface area (Å²) in [6.07, 6.45) is 2.16. The van der Waals surface area contributed by atoms with E-state index < -0.39 is 17.8 Å². The number of carbonyl (C=O) groups is 3. The highest BCUT2D eigenvalue weighted by atomic mass is 16.7. The van der Waals surface area contributed by atoms with Crippen molar-refractivity contribution < 1.29 is 19.2 Å². The van der Waals surface area contributed by atoms with Crippen LogP contribution >= 0.6 is 0 Å². The van der Waals surface area contributed by atoms with Crippen molar-refractivity contribution in [1.82, 2.24) is 15.1 Å². The number of aliphatic imine (C=N–C) groups is 1. The number of piperidine rings is 1. The lowest BCUT2D eigenvalue weighted by Crippen LogP contribution is -2.50. The average molecular weight is 524 g/mol. The van der Waals surface area contributed by atoms with E-state index >= 15 is 0 Å². The Balaban J connectivity index is 1.37. The molecule has 2 fully saturated rings. The van der Waals surface area contributed by atoms with Crippen LogP contribution in [0.1, 0.15) is 28.4 Å². The summed E-state index contributed by atoms with van der Waals surface area (Å²) in [6.45, 7) is 1.29. The first-order chi connectivity index (χ1) is 19.0. The van der Waals surface area contributed by atoms with Gasteiger partial charge in [-0.3, -0.25) is 14.4 Å². The van der Waals surface area contributed by atoms with Gasteiger partial charge in [-0.1, -0.05) is 48.1 Å². The number of amides is 2. The Labute approximate surface area is 223 Å². The summed E-state index contributed by atoms with van der Waals surface area (Å²) < 4.78 is 1.79. The molecular weight excluding hydrogens is 498 g/mol. The third kappa shape index (κ3) is 4.77. The van der Waals surface area contributed by atoms with E-state index in [2.05, 4.69) is 10.6 Å². The Bertz CT molecular complexity index is 1560. The van der Waals surface area contributed by atoms with Crippen molar-refractivity contribution in [2.24, 2.45) is 10.9 Å². The number of pyridine rings is 1. The van der Waals surface area contributed by atoms with Crippen molar-refractivity contribution in [3.8, 4) is 0 Å². The number of nitrogens with one attached hydrogen (secondary N) is 1. The first kappa shape index (κ1) is 24.5. The summed E-state index contributed by atoms with van der Waals surface area (Å²) in [5.41, 5.74) is 4.16. The average Bonchev–Trinajstić information content (AvgIpc) is 3.33. The fraction of sp³-hybridized carbons (Fsp3) is 0.207. The Morgan fingerprint density at radius 3 is 2.41 bits per heavy atom. The maximum atomic E-state index is 14.0. The molecule has 3 aromatic rings. The molecule has 2 atom stereocenters. The van der Waals surface area contributed by atoms with Crippen LogP contribution in [0.25, 0.3) is 0 Å². The molecule has 4 heterocycles. The first-order valence-corrected chi connectivity index (χ1v) is 12.7. The van der Waals surface area contributed by atoms with Gasteiger partial charge in [0, 0.05) is 49.0 Å². The number of rotatable bonds is 4. The molecule has 2 bridgehead atoms. The van der Waals surface area contributed by atoms with Crippen LogP contribution in [-0.2, 0) is 21.0 Å². The van der Waals surface area contributed by atoms with Crippen LogP contribution in [0.3, 0.4) is 0 Å². The standard InChI is InChI=1S/C29H25N5O5/c35-26-13-7-12-24-21-14-19(17-33(24)26)16-32(18-21)28(37)23(30-27(36)20-8-3-1-4-9-20)15-25-29(38)39-31-34(25)22-10-5-2-6-11-22/h1-13,15,19,21,31H,14,16-18H2/b25-15+,30-23?. The normalized spacial score (nSPS) is 21.5. The zero-order valence-corrected chi connectivity index (χ0v) is 20.9. The molecule has 2 amide bonds. The third-order valence-corrected chi connectivity index (χ3v) is 7.20. The molecule has 3 aliphatic heterocycles. The molecule has 0 saturated carbocycles. The lowest BCUT2D eigenvalue weighted by molar-refractivity contribution is -0.140. The Hall–Kier alpha value is -4.83. The number of benzene rings is 2. The molecule has 3 aliphatic rings. The molecule has 2 unspecified atom stereocenters. The van der Waals surface area contributed by atoms with Gasteiger partial charge in [0.25, 0.3) is 17.4 Å². The van der Waals surface area contributed by atoms with E-state index in [4.69, 9.17) is 4.84 Å². The van der Waals surface area contributed by atoms with E-state index in [1.165, 1.54) is 11.1 Å². The van der Waals surface area contributed by atoms with E-state index in [1.54, 1.807) is 76.2 Å². The van der Waals surface area contributed by atoms with E-state index in [1.807, 2.05) is 12.1 Å². The number of hydrazine groups is 1. The number of hydrogen-bond acceptors (Lipinski definition) is 7. The summed E-state index contributed by atoms with van der Waals surface area (Å²) >= 11 is 0. The Morgan fingerprint density at radius 2 is 1.64 bits per heavy atom. The van der Waals surface area contributed by atoms with Crippen LogP contribution in [0.2, 0.25) is 0 Å². The molecule has 0 radical (unpaired) electrons. The minimum absolute atomic E-state index is 0.0169. The van der Waals surface area contributed by atoms with Crippen molar-refractivity contribution in [3.63, 3.8) is 0 Å². The van der Waals surface area contributed by atoms with Gasteiger partial charge in [0.2, 0.25) is 0 Å². The second-order valence-electron chi connectivity index (χ2n) is 9.76. The first-order valence-electron chi connectivity index (χ1n) is 12.7. The number of anilines is 1. The maximum absolute atomic E-state index is 14.0. The number of likely N-dealkylation sites (tertiary alicyclic amines) is 1. The zero-order chi connectivity index (χ0) is 26.9. The summed E-state index contributed by atoms with van der Waals surface area (Å²) in [6, 6.07) is 22.6. The molecule has 6 rings (SSSR count). The topological polar surface area (TPSA) is 113 Å². The van der Waals surface area contributed by atoms with Crippen LogP contribution < -0.4 is 16.2 Å². The fourth-order valence-electron chi connectivity index (χ4n) is 5.42. The largest absolute Gasteiger partial charge is 0.376 e. The molecule has 0 spiro atoms. The number of carbonyl (C=O) groups excluding carboxylic acids is 3. The van der Waals surface area contributed by atoms with Crippen LogP contribution in [-0.4, -0.2) is 46.1 Å². The number of fused-ring (bicyclic) bond motifs is 4. The van der Waals surface area contributed by atoms with E-state index in [9.17, 15) is 19.2 Å². The third-order valence-electron chi connectivity index (χ3n) is 7.20. The van der Waals surface area contributed by atoms with E-state index in [0.717, 1.165) is 12.1 Å². The zero-order valence-electron chi connectivity index (χ0n) is 20.9. The van der Waals surface area contributed by atoms with Gasteiger partial charge in [0.15, 0.2) is 5.70 Å². The summed E-state index contributed by atoms with van der Waals surface area (Å²) in [5.74, 6) is -1.72. The number of para-hydroxylation sites is 1. The van der Waals surface area contributed by atoms with Gasteiger partial charge < -0.3 is 14.3 Å². The molecular formula is C29H25N5O5. The quantitative estimate of drug-likeness (QED) is 0.413. The molecule has 1 aromatic heterocycles. The van der Waals surface area contributed by atoms with Crippen molar-refractivity contribution in [2.45, 2.75) is 18.9 Å². The van der Waals surface area contributed by atoms with Crippen molar-refractivity contribution >= 4 is 29.2 Å². The lowest BCUT2D eigenvalue weighted by atomic mass is 9.83. The molecule has 2 saturated heterocycles. The van der Waals surface area contributed by atoms with Gasteiger partial charge in [-0.25, -0.2) is 14.8 Å². The van der Waals surface area contributed by atoms with Crippen LogP contribution in [0.4, 0.5) is 5.69 Å². The molecule has 10 nitrogen and oxygen atoms in total. The summed E-state index contributed by atoms with van der Waals surface area (Å²) in [5, 5.41) is 1.39. The van der Waals surface area contributed by atoms with Gasteiger partial charge in [0.05, 0.1) is 5.69 Å². The predicted molar refractivity (Wildman–Crippen MR) is 143 cm³/mol. The Kier molecular flexibility index (Phi) is 6.37. The second kappa shape index (κ2) is 10.1. The molecule has 196 valence electrons.